The number of aromatic nitrogens is 2. The number of anilines is 1. The van der Waals surface area contributed by atoms with Gasteiger partial charge in [0.2, 0.25) is 5.82 Å². The number of ether oxygens (including phenoxy) is 1. The molecule has 7 nitrogen and oxygen atoms in total. The van der Waals surface area contributed by atoms with Gasteiger partial charge in [-0.15, -0.1) is 0 Å². The lowest BCUT2D eigenvalue weighted by Gasteiger charge is -2.31. The third-order valence-corrected chi connectivity index (χ3v) is 3.87. The first-order valence-electron chi connectivity index (χ1n) is 7.62. The lowest BCUT2D eigenvalue weighted by atomic mass is 10.0. The van der Waals surface area contributed by atoms with Crippen LogP contribution in [0.15, 0.2) is 36.7 Å². The minimum Gasteiger partial charge on any atom is -0.434 e. The first kappa shape index (κ1) is 15.2. The van der Waals surface area contributed by atoms with Crippen LogP contribution in [0.1, 0.15) is 19.8 Å². The molecule has 120 valence electrons. The highest BCUT2D eigenvalue weighted by molar-refractivity contribution is 5.63. The zero-order chi connectivity index (χ0) is 16.2. The van der Waals surface area contributed by atoms with Crippen LogP contribution in [0.2, 0.25) is 0 Å². The van der Waals surface area contributed by atoms with Crippen molar-refractivity contribution < 1.29 is 9.66 Å². The molecule has 1 atom stereocenters. The highest BCUT2D eigenvalue weighted by atomic mass is 16.6. The highest BCUT2D eigenvalue weighted by Crippen LogP contribution is 2.37. The number of hydrogen-bond donors (Lipinski definition) is 0. The fourth-order valence-electron chi connectivity index (χ4n) is 2.80. The van der Waals surface area contributed by atoms with E-state index in [0.29, 0.717) is 17.5 Å². The van der Waals surface area contributed by atoms with E-state index < -0.39 is 4.92 Å². The minimum absolute atomic E-state index is 0.0237. The number of hydrogen-bond acceptors (Lipinski definition) is 6. The topological polar surface area (TPSA) is 81.4 Å². The van der Waals surface area contributed by atoms with Crippen molar-refractivity contribution in [2.45, 2.75) is 19.8 Å². The standard InChI is InChI=1S/C16H18N4O3/c1-12-6-5-9-19(10-12)15-14(20(21)22)16(18-11-17-15)23-13-7-3-2-4-8-13/h2-4,7-8,11-12H,5-6,9-10H2,1H3. The quantitative estimate of drug-likeness (QED) is 0.635. The van der Waals surface area contributed by atoms with Gasteiger partial charge in [-0.25, -0.2) is 4.98 Å². The molecule has 1 aromatic carbocycles. The van der Waals surface area contributed by atoms with Crippen LogP contribution in [0.3, 0.4) is 0 Å². The molecule has 7 heteroatoms. The molecule has 0 saturated carbocycles. The van der Waals surface area contributed by atoms with Crippen LogP contribution >= 0.6 is 0 Å². The number of piperidine rings is 1. The summed E-state index contributed by atoms with van der Waals surface area (Å²) in [4.78, 5) is 21.2. The summed E-state index contributed by atoms with van der Waals surface area (Å²) in [6.45, 7) is 3.65. The first-order valence-corrected chi connectivity index (χ1v) is 7.62. The Morgan fingerprint density at radius 3 is 2.78 bits per heavy atom. The summed E-state index contributed by atoms with van der Waals surface area (Å²) in [5.41, 5.74) is -0.176. The minimum atomic E-state index is -0.465. The van der Waals surface area contributed by atoms with Crippen molar-refractivity contribution in [3.05, 3.63) is 46.8 Å². The molecule has 2 aromatic rings. The van der Waals surface area contributed by atoms with Gasteiger partial charge >= 0.3 is 11.6 Å². The van der Waals surface area contributed by atoms with Gasteiger partial charge in [-0.2, -0.15) is 4.98 Å². The molecule has 23 heavy (non-hydrogen) atoms. The molecule has 3 rings (SSSR count). The van der Waals surface area contributed by atoms with Gasteiger partial charge in [0.05, 0.1) is 4.92 Å². The fourth-order valence-corrected chi connectivity index (χ4v) is 2.80. The molecule has 0 radical (unpaired) electrons. The average Bonchev–Trinajstić information content (AvgIpc) is 2.55. The predicted octanol–water partition coefficient (Wildman–Crippen LogP) is 3.41. The molecule has 0 aliphatic carbocycles. The molecular formula is C16H18N4O3. The van der Waals surface area contributed by atoms with Gasteiger partial charge in [0, 0.05) is 13.1 Å². The number of rotatable bonds is 4. The summed E-state index contributed by atoms with van der Waals surface area (Å²) in [5.74, 6) is 1.30. The van der Waals surface area contributed by atoms with Crippen LogP contribution in [0.4, 0.5) is 11.5 Å². The molecule has 0 N–H and O–H groups in total. The van der Waals surface area contributed by atoms with Crippen molar-refractivity contribution in [3.8, 4) is 11.6 Å². The summed E-state index contributed by atoms with van der Waals surface area (Å²) < 4.78 is 5.61. The summed E-state index contributed by atoms with van der Waals surface area (Å²) in [6, 6.07) is 8.91. The lowest BCUT2D eigenvalue weighted by molar-refractivity contribution is -0.385. The summed E-state index contributed by atoms with van der Waals surface area (Å²) in [5, 5.41) is 11.6. The maximum Gasteiger partial charge on any atom is 0.373 e. The third-order valence-electron chi connectivity index (χ3n) is 3.87. The molecule has 1 aliphatic heterocycles. The molecule has 1 unspecified atom stereocenters. The molecule has 1 saturated heterocycles. The second-order valence-corrected chi connectivity index (χ2v) is 5.72. The van der Waals surface area contributed by atoms with Crippen LogP contribution < -0.4 is 9.64 Å². The Kier molecular flexibility index (Phi) is 4.36. The van der Waals surface area contributed by atoms with Crippen molar-refractivity contribution in [2.24, 2.45) is 5.92 Å². The molecule has 1 aliphatic rings. The number of para-hydroxylation sites is 1. The fraction of sp³-hybridized carbons (Fsp3) is 0.375. The molecule has 2 heterocycles. The van der Waals surface area contributed by atoms with Crippen LogP contribution in [0.25, 0.3) is 0 Å². The van der Waals surface area contributed by atoms with Gasteiger partial charge in [-0.1, -0.05) is 25.1 Å². The van der Waals surface area contributed by atoms with E-state index in [2.05, 4.69) is 16.9 Å². The van der Waals surface area contributed by atoms with Crippen molar-refractivity contribution in [3.63, 3.8) is 0 Å². The zero-order valence-corrected chi connectivity index (χ0v) is 12.9. The Balaban J connectivity index is 1.97. The molecule has 0 spiro atoms. The number of benzene rings is 1. The van der Waals surface area contributed by atoms with E-state index in [-0.39, 0.29) is 11.6 Å². The second kappa shape index (κ2) is 6.60. The number of nitro groups is 1. The Morgan fingerprint density at radius 1 is 1.30 bits per heavy atom. The summed E-state index contributed by atoms with van der Waals surface area (Å²) in [6.07, 6.45) is 3.44. The summed E-state index contributed by atoms with van der Waals surface area (Å²) in [7, 11) is 0. The Morgan fingerprint density at radius 2 is 2.09 bits per heavy atom. The highest BCUT2D eigenvalue weighted by Gasteiger charge is 2.30. The monoisotopic (exact) mass is 314 g/mol. The molecule has 0 bridgehead atoms. The van der Waals surface area contributed by atoms with E-state index in [4.69, 9.17) is 4.74 Å². The van der Waals surface area contributed by atoms with Gasteiger partial charge in [-0.3, -0.25) is 10.1 Å². The van der Waals surface area contributed by atoms with Gasteiger partial charge in [0.15, 0.2) is 0 Å². The molecule has 0 amide bonds. The van der Waals surface area contributed by atoms with Crippen molar-refractivity contribution >= 4 is 11.5 Å². The van der Waals surface area contributed by atoms with Gasteiger partial charge in [0.1, 0.15) is 12.1 Å². The van der Waals surface area contributed by atoms with Gasteiger partial charge < -0.3 is 9.64 Å². The maximum absolute atomic E-state index is 11.6. The predicted molar refractivity (Wildman–Crippen MR) is 85.8 cm³/mol. The van der Waals surface area contributed by atoms with Crippen LogP contribution in [0.5, 0.6) is 11.6 Å². The zero-order valence-electron chi connectivity index (χ0n) is 12.9. The largest absolute Gasteiger partial charge is 0.434 e. The van der Waals surface area contributed by atoms with Crippen LogP contribution in [0, 0.1) is 16.0 Å². The van der Waals surface area contributed by atoms with Crippen LogP contribution in [-0.4, -0.2) is 28.0 Å². The average molecular weight is 314 g/mol. The second-order valence-electron chi connectivity index (χ2n) is 5.72. The van der Waals surface area contributed by atoms with Crippen molar-refractivity contribution in [1.82, 2.24) is 9.97 Å². The van der Waals surface area contributed by atoms with Gasteiger partial charge in [0.25, 0.3) is 0 Å². The van der Waals surface area contributed by atoms with Crippen molar-refractivity contribution in [2.75, 3.05) is 18.0 Å². The SMILES string of the molecule is CC1CCCN(c2ncnc(Oc3ccccc3)c2[N+](=O)[O-])C1. The van der Waals surface area contributed by atoms with E-state index in [1.54, 1.807) is 24.3 Å². The maximum atomic E-state index is 11.6. The van der Waals surface area contributed by atoms with E-state index in [0.717, 1.165) is 25.9 Å². The molecular weight excluding hydrogens is 296 g/mol. The van der Waals surface area contributed by atoms with E-state index in [1.807, 2.05) is 11.0 Å². The Hall–Kier alpha value is -2.70. The molecule has 1 fully saturated rings. The normalized spacial score (nSPS) is 17.8. The Labute approximate surface area is 134 Å². The number of nitrogens with zero attached hydrogens (tertiary/aromatic N) is 4. The lowest BCUT2D eigenvalue weighted by Crippen LogP contribution is -2.35. The van der Waals surface area contributed by atoms with Gasteiger partial charge in [-0.05, 0) is 30.9 Å². The van der Waals surface area contributed by atoms with Crippen LogP contribution in [-0.2, 0) is 0 Å². The summed E-state index contributed by atoms with van der Waals surface area (Å²) >= 11 is 0. The smallest absolute Gasteiger partial charge is 0.373 e. The Bertz CT molecular complexity index is 693. The van der Waals surface area contributed by atoms with E-state index >= 15 is 0 Å². The van der Waals surface area contributed by atoms with Crippen molar-refractivity contribution in [1.29, 1.82) is 0 Å². The van der Waals surface area contributed by atoms with E-state index in [1.165, 1.54) is 6.33 Å². The first-order chi connectivity index (χ1) is 11.1. The third kappa shape index (κ3) is 3.39. The van der Waals surface area contributed by atoms with E-state index in [9.17, 15) is 10.1 Å². The molecule has 1 aromatic heterocycles.